The second-order valence-corrected chi connectivity index (χ2v) is 8.41. The Hall–Kier alpha value is -1.30. The predicted octanol–water partition coefficient (Wildman–Crippen LogP) is 2.59. The molecule has 0 aliphatic heterocycles. The van der Waals surface area contributed by atoms with E-state index in [1.165, 1.54) is 34.1 Å². The van der Waals surface area contributed by atoms with Crippen molar-refractivity contribution in [2.24, 2.45) is 0 Å². The summed E-state index contributed by atoms with van der Waals surface area (Å²) in [5.74, 6) is 0. The maximum Gasteiger partial charge on any atom is 0.294 e. The molecule has 2 rings (SSSR count). The zero-order valence-electron chi connectivity index (χ0n) is 15.9. The van der Waals surface area contributed by atoms with Gasteiger partial charge >= 0.3 is 0 Å². The van der Waals surface area contributed by atoms with Crippen molar-refractivity contribution in [1.82, 2.24) is 0 Å². The number of hydrogen-bond acceptors (Lipinski definition) is 4. The SMILES string of the molecule is Cc1ccc(P)c(CCCO)c1CCCO.Cc1ccc(S(=O)(=O)O)cc1. The van der Waals surface area contributed by atoms with E-state index >= 15 is 0 Å². The summed E-state index contributed by atoms with van der Waals surface area (Å²) in [5.41, 5.74) is 4.91. The summed E-state index contributed by atoms with van der Waals surface area (Å²) in [6.07, 6.45) is 3.45. The minimum Gasteiger partial charge on any atom is -0.396 e. The molecule has 0 radical (unpaired) electrons. The van der Waals surface area contributed by atoms with Crippen LogP contribution in [0.15, 0.2) is 41.3 Å². The summed E-state index contributed by atoms with van der Waals surface area (Å²) >= 11 is 0. The van der Waals surface area contributed by atoms with Gasteiger partial charge in [-0.05, 0) is 73.7 Å². The molecule has 7 heteroatoms. The molecule has 0 bridgehead atoms. The van der Waals surface area contributed by atoms with Crippen LogP contribution < -0.4 is 5.30 Å². The second kappa shape index (κ2) is 11.5. The smallest absolute Gasteiger partial charge is 0.294 e. The minimum atomic E-state index is -4.02. The lowest BCUT2D eigenvalue weighted by atomic mass is 9.95. The molecule has 0 aliphatic carbocycles. The van der Waals surface area contributed by atoms with Crippen molar-refractivity contribution in [3.05, 3.63) is 58.7 Å². The van der Waals surface area contributed by atoms with Crippen LogP contribution in [-0.2, 0) is 23.0 Å². The van der Waals surface area contributed by atoms with Crippen molar-refractivity contribution in [2.75, 3.05) is 13.2 Å². The molecule has 0 fully saturated rings. The van der Waals surface area contributed by atoms with E-state index in [4.69, 9.17) is 14.8 Å². The van der Waals surface area contributed by atoms with E-state index in [9.17, 15) is 8.42 Å². The largest absolute Gasteiger partial charge is 0.396 e. The third-order valence-electron chi connectivity index (χ3n) is 4.19. The molecule has 0 saturated heterocycles. The number of aryl methyl sites for hydroxylation is 2. The summed E-state index contributed by atoms with van der Waals surface area (Å²) in [4.78, 5) is -0.0666. The van der Waals surface area contributed by atoms with E-state index in [-0.39, 0.29) is 18.1 Å². The molecular formula is C20H29O5PS. The molecule has 0 aliphatic rings. The Morgan fingerprint density at radius 2 is 1.37 bits per heavy atom. The topological polar surface area (TPSA) is 94.8 Å². The van der Waals surface area contributed by atoms with Crippen molar-refractivity contribution in [1.29, 1.82) is 0 Å². The molecule has 5 nitrogen and oxygen atoms in total. The predicted molar refractivity (Wildman–Crippen MR) is 112 cm³/mol. The van der Waals surface area contributed by atoms with Gasteiger partial charge in [-0.3, -0.25) is 4.55 Å². The average molecular weight is 412 g/mol. The van der Waals surface area contributed by atoms with Gasteiger partial charge < -0.3 is 10.2 Å². The highest BCUT2D eigenvalue weighted by atomic mass is 32.2. The Kier molecular flexibility index (Phi) is 10.1. The van der Waals surface area contributed by atoms with Gasteiger partial charge in [0.15, 0.2) is 0 Å². The fourth-order valence-electron chi connectivity index (χ4n) is 2.69. The van der Waals surface area contributed by atoms with Gasteiger partial charge in [-0.1, -0.05) is 29.8 Å². The summed E-state index contributed by atoms with van der Waals surface area (Å²) in [7, 11) is -1.26. The Bertz CT molecular complexity index is 784. The van der Waals surface area contributed by atoms with Crippen molar-refractivity contribution in [3.63, 3.8) is 0 Å². The number of hydrogen-bond donors (Lipinski definition) is 3. The van der Waals surface area contributed by atoms with Crippen LogP contribution in [0.25, 0.3) is 0 Å². The van der Waals surface area contributed by atoms with Crippen molar-refractivity contribution >= 4 is 24.7 Å². The summed E-state index contributed by atoms with van der Waals surface area (Å²) in [6.45, 7) is 4.42. The molecule has 150 valence electrons. The first-order valence-electron chi connectivity index (χ1n) is 8.83. The van der Waals surface area contributed by atoms with Crippen LogP contribution in [0.2, 0.25) is 0 Å². The van der Waals surface area contributed by atoms with Gasteiger partial charge in [0.1, 0.15) is 0 Å². The van der Waals surface area contributed by atoms with Gasteiger partial charge in [-0.2, -0.15) is 8.42 Å². The van der Waals surface area contributed by atoms with E-state index < -0.39 is 10.1 Å². The molecule has 2 aromatic rings. The highest BCUT2D eigenvalue weighted by molar-refractivity contribution is 7.85. The fraction of sp³-hybridized carbons (Fsp3) is 0.400. The van der Waals surface area contributed by atoms with Crippen LogP contribution in [-0.4, -0.2) is 36.4 Å². The molecule has 0 amide bonds. The molecule has 0 aromatic heterocycles. The van der Waals surface area contributed by atoms with E-state index in [2.05, 4.69) is 28.3 Å². The third-order valence-corrected chi connectivity index (χ3v) is 5.60. The van der Waals surface area contributed by atoms with E-state index in [1.54, 1.807) is 12.1 Å². The lowest BCUT2D eigenvalue weighted by Gasteiger charge is -2.15. The van der Waals surface area contributed by atoms with Crippen LogP contribution in [0.3, 0.4) is 0 Å². The summed E-state index contributed by atoms with van der Waals surface area (Å²) in [6, 6.07) is 10.2. The zero-order chi connectivity index (χ0) is 20.4. The van der Waals surface area contributed by atoms with Crippen molar-refractivity contribution < 1.29 is 23.2 Å². The quantitative estimate of drug-likeness (QED) is 0.480. The highest BCUT2D eigenvalue weighted by Crippen LogP contribution is 2.18. The van der Waals surface area contributed by atoms with E-state index in [0.717, 1.165) is 31.2 Å². The number of aliphatic hydroxyl groups is 2. The lowest BCUT2D eigenvalue weighted by molar-refractivity contribution is 0.286. The van der Waals surface area contributed by atoms with Crippen LogP contribution >= 0.6 is 9.24 Å². The van der Waals surface area contributed by atoms with Crippen LogP contribution in [0.1, 0.15) is 35.1 Å². The van der Waals surface area contributed by atoms with Gasteiger partial charge in [0, 0.05) is 13.2 Å². The number of benzene rings is 2. The first kappa shape index (κ1) is 23.7. The zero-order valence-corrected chi connectivity index (χ0v) is 17.8. The lowest BCUT2D eigenvalue weighted by Crippen LogP contribution is -2.10. The Balaban J connectivity index is 0.000000289. The summed E-state index contributed by atoms with van der Waals surface area (Å²) < 4.78 is 29.6. The first-order chi connectivity index (χ1) is 12.7. The highest BCUT2D eigenvalue weighted by Gasteiger charge is 2.08. The van der Waals surface area contributed by atoms with Gasteiger partial charge in [-0.15, -0.1) is 9.24 Å². The molecule has 27 heavy (non-hydrogen) atoms. The molecule has 0 spiro atoms. The number of aliphatic hydroxyl groups excluding tert-OH is 2. The second-order valence-electron chi connectivity index (χ2n) is 6.37. The van der Waals surface area contributed by atoms with Gasteiger partial charge in [-0.25, -0.2) is 0 Å². The molecule has 2 aromatic carbocycles. The Morgan fingerprint density at radius 1 is 0.852 bits per heavy atom. The molecule has 0 saturated carbocycles. The fourth-order valence-corrected chi connectivity index (χ4v) is 3.59. The van der Waals surface area contributed by atoms with Gasteiger partial charge in [0.2, 0.25) is 0 Å². The third kappa shape index (κ3) is 8.08. The van der Waals surface area contributed by atoms with Crippen LogP contribution in [0.4, 0.5) is 0 Å². The van der Waals surface area contributed by atoms with Crippen molar-refractivity contribution in [3.8, 4) is 0 Å². The van der Waals surface area contributed by atoms with Crippen LogP contribution in [0, 0.1) is 13.8 Å². The molecular weight excluding hydrogens is 383 g/mol. The normalized spacial score (nSPS) is 11.0. The minimum absolute atomic E-state index is 0.0666. The van der Waals surface area contributed by atoms with Gasteiger partial charge in [0.05, 0.1) is 4.90 Å². The molecule has 1 atom stereocenters. The number of rotatable bonds is 7. The monoisotopic (exact) mass is 412 g/mol. The molecule has 0 heterocycles. The van der Waals surface area contributed by atoms with Crippen LogP contribution in [0.5, 0.6) is 0 Å². The first-order valence-corrected chi connectivity index (χ1v) is 10.8. The van der Waals surface area contributed by atoms with Gasteiger partial charge in [0.25, 0.3) is 10.1 Å². The maximum absolute atomic E-state index is 10.5. The Labute approximate surface area is 164 Å². The molecule has 1 unspecified atom stereocenters. The maximum atomic E-state index is 10.5. The average Bonchev–Trinajstić information content (AvgIpc) is 2.61. The molecule has 3 N–H and O–H groups in total. The van der Waals surface area contributed by atoms with Crippen molar-refractivity contribution in [2.45, 2.75) is 44.4 Å². The summed E-state index contributed by atoms with van der Waals surface area (Å²) in [5, 5.41) is 19.0. The Morgan fingerprint density at radius 3 is 1.85 bits per heavy atom. The van der Waals surface area contributed by atoms with E-state index in [0.29, 0.717) is 0 Å². The standard InChI is InChI=1S/C13H21O2P.C7H8O3S/c1-10-6-7-13(16)12(5-3-9-15)11(10)4-2-8-14;1-6-2-4-7(5-3-6)11(8,9)10/h6-7,14-15H,2-5,8-9,16H2,1H3;2-5H,1H3,(H,8,9,10). The van der Waals surface area contributed by atoms with E-state index in [1.807, 2.05) is 6.92 Å².